The molecule has 0 radical (unpaired) electrons. The van der Waals surface area contributed by atoms with Crippen molar-refractivity contribution in [2.45, 2.75) is 336 Å². The number of unbranched alkanes of at least 4 members (excludes halogenated alkanes) is 26. The molecule has 14 N–H and O–H groups in total. The summed E-state index contributed by atoms with van der Waals surface area (Å²) in [5, 5.41) is 136. The first-order valence-corrected chi connectivity index (χ1v) is 33.9. The Kier molecular flexibility index (Phi) is 42.3. The maximum Gasteiger partial charge on any atom is 0.364 e. The van der Waals surface area contributed by atoms with Crippen molar-refractivity contribution >= 4 is 17.8 Å². The van der Waals surface area contributed by atoms with E-state index in [0.29, 0.717) is 12.8 Å². The van der Waals surface area contributed by atoms with Gasteiger partial charge < -0.3 is 100 Å². The molecule has 23 heteroatoms. The molecule has 3 rings (SSSR count). The van der Waals surface area contributed by atoms with Crippen LogP contribution in [0.4, 0.5) is 0 Å². The Bertz CT molecular complexity index is 1950. The number of aliphatic hydroxyl groups excluding tert-OH is 11. The summed E-state index contributed by atoms with van der Waals surface area (Å²) in [7, 11) is 0. The van der Waals surface area contributed by atoms with Crippen molar-refractivity contribution in [1.29, 1.82) is 0 Å². The van der Waals surface area contributed by atoms with Crippen LogP contribution in [0.2, 0.25) is 0 Å². The highest BCUT2D eigenvalue weighted by atomic mass is 16.8. The number of rotatable bonds is 50. The number of aliphatic hydroxyl groups is 11. The van der Waals surface area contributed by atoms with Gasteiger partial charge in [-0.1, -0.05) is 192 Å². The molecule has 3 aliphatic heterocycles. The van der Waals surface area contributed by atoms with E-state index in [-0.39, 0.29) is 12.3 Å². The quantitative estimate of drug-likeness (QED) is 0.0266. The number of nitrogens with one attached hydrogen (secondary N) is 2. The number of hydrogen-bond donors (Lipinski definition) is 14. The number of aliphatic carboxylic acids is 1. The van der Waals surface area contributed by atoms with E-state index in [4.69, 9.17) is 28.4 Å². The van der Waals surface area contributed by atoms with Crippen molar-refractivity contribution in [3.05, 3.63) is 36.5 Å². The Labute approximate surface area is 529 Å². The molecular formula is C66H118N2O21. The van der Waals surface area contributed by atoms with Gasteiger partial charge in [-0.25, -0.2) is 4.79 Å². The molecule has 2 amide bonds. The second-order valence-electron chi connectivity index (χ2n) is 24.7. The number of carboxylic acid groups (broad SMARTS) is 1. The highest BCUT2D eigenvalue weighted by Crippen LogP contribution is 2.38. The molecule has 0 aromatic rings. The predicted molar refractivity (Wildman–Crippen MR) is 334 cm³/mol. The van der Waals surface area contributed by atoms with Gasteiger partial charge in [-0.3, -0.25) is 9.59 Å². The average Bonchev–Trinajstić information content (AvgIpc) is 0.884. The van der Waals surface area contributed by atoms with Crippen LogP contribution in [-0.4, -0.2) is 215 Å². The summed E-state index contributed by atoms with van der Waals surface area (Å²) in [6.45, 7) is 2.08. The maximum atomic E-state index is 13.4. The van der Waals surface area contributed by atoms with Crippen LogP contribution in [0.15, 0.2) is 36.5 Å². The summed E-state index contributed by atoms with van der Waals surface area (Å²) >= 11 is 0. The van der Waals surface area contributed by atoms with Gasteiger partial charge in [0, 0.05) is 19.8 Å². The number of allylic oxidation sites excluding steroid dienone is 5. The van der Waals surface area contributed by atoms with E-state index in [9.17, 15) is 75.7 Å². The van der Waals surface area contributed by atoms with Gasteiger partial charge in [-0.05, 0) is 51.4 Å². The molecule has 18 atom stereocenters. The summed E-state index contributed by atoms with van der Waals surface area (Å²) in [4.78, 5) is 38.4. The molecule has 18 unspecified atom stereocenters. The monoisotopic (exact) mass is 1270 g/mol. The predicted octanol–water partition coefficient (Wildman–Crippen LogP) is 5.45. The van der Waals surface area contributed by atoms with E-state index in [2.05, 4.69) is 48.8 Å². The molecule has 3 aliphatic rings. The molecule has 518 valence electrons. The van der Waals surface area contributed by atoms with Crippen LogP contribution in [0.25, 0.3) is 0 Å². The van der Waals surface area contributed by atoms with Crippen molar-refractivity contribution in [2.24, 2.45) is 0 Å². The van der Waals surface area contributed by atoms with Crippen molar-refractivity contribution in [3.8, 4) is 0 Å². The van der Waals surface area contributed by atoms with Crippen molar-refractivity contribution in [1.82, 2.24) is 10.6 Å². The van der Waals surface area contributed by atoms with Crippen LogP contribution < -0.4 is 10.6 Å². The fourth-order valence-electron chi connectivity index (χ4n) is 11.6. The van der Waals surface area contributed by atoms with Crippen LogP contribution in [0, 0.1) is 0 Å². The average molecular weight is 1280 g/mol. The van der Waals surface area contributed by atoms with Gasteiger partial charge in [0.05, 0.1) is 50.7 Å². The first-order chi connectivity index (χ1) is 42.9. The number of hydrogen-bond acceptors (Lipinski definition) is 20. The minimum atomic E-state index is -3.08. The molecule has 3 fully saturated rings. The summed E-state index contributed by atoms with van der Waals surface area (Å²) in [5.74, 6) is -6.15. The summed E-state index contributed by atoms with van der Waals surface area (Å²) < 4.78 is 34.7. The highest BCUT2D eigenvalue weighted by molar-refractivity contribution is 5.77. The molecular weight excluding hydrogens is 1160 g/mol. The minimum absolute atomic E-state index is 0.194. The number of amides is 2. The Morgan fingerprint density at radius 2 is 1.09 bits per heavy atom. The Morgan fingerprint density at radius 1 is 0.596 bits per heavy atom. The van der Waals surface area contributed by atoms with Crippen LogP contribution in [-0.2, 0) is 42.8 Å². The largest absolute Gasteiger partial charge is 0.477 e. The number of carboxylic acids is 1. The van der Waals surface area contributed by atoms with Crippen LogP contribution in [0.3, 0.4) is 0 Å². The molecule has 3 heterocycles. The zero-order valence-corrected chi connectivity index (χ0v) is 53.8. The summed E-state index contributed by atoms with van der Waals surface area (Å²) in [6.07, 6.45) is 17.9. The molecule has 0 bridgehead atoms. The number of carbonyl (C=O) groups is 3. The van der Waals surface area contributed by atoms with Crippen LogP contribution >= 0.6 is 0 Å². The van der Waals surface area contributed by atoms with Crippen LogP contribution in [0.5, 0.6) is 0 Å². The summed E-state index contributed by atoms with van der Waals surface area (Å²) in [6, 6.07) is -2.62. The van der Waals surface area contributed by atoms with Gasteiger partial charge in [0.2, 0.25) is 11.8 Å². The van der Waals surface area contributed by atoms with E-state index >= 15 is 0 Å². The molecule has 0 spiro atoms. The van der Waals surface area contributed by atoms with Crippen molar-refractivity contribution in [3.63, 3.8) is 0 Å². The molecule has 23 nitrogen and oxygen atoms in total. The van der Waals surface area contributed by atoms with Gasteiger partial charge in [0.15, 0.2) is 12.6 Å². The molecule has 0 aromatic heterocycles. The molecule has 89 heavy (non-hydrogen) atoms. The van der Waals surface area contributed by atoms with Gasteiger partial charge in [0.1, 0.15) is 67.1 Å². The minimum Gasteiger partial charge on any atom is -0.477 e. The lowest BCUT2D eigenvalue weighted by atomic mass is 9.88. The SMILES string of the molecule is CCCCCCCCCC/C=C/C(O)C(COC1OC(CO)C(OC2OC(CO)C(O)C(OC3(C(=O)O)CC(O)C(NC(C)=O)C(C(O)C(O)CO)O3)C2O)C(O)C1O)NC(=O)CCCCCCCCCCC/C=C\C/C=C\CCCCCCCCCCC. The fraction of sp³-hybridized carbons (Fsp3) is 0.864. The second-order valence-corrected chi connectivity index (χ2v) is 24.7. The lowest BCUT2D eigenvalue weighted by molar-refractivity contribution is -0.386. The Morgan fingerprint density at radius 3 is 1.58 bits per heavy atom. The Balaban J connectivity index is 1.55. The molecule has 0 saturated carbocycles. The molecule has 0 aliphatic carbocycles. The topological polar surface area (TPSA) is 373 Å². The molecule has 0 aromatic carbocycles. The standard InChI is InChI=1S/C66H118N2O21/c1-4-6-8-10-12-14-16-17-18-19-20-21-22-23-24-25-26-27-28-29-30-32-34-36-38-40-53(76)68-47(48(73)39-37-35-33-31-15-13-11-9-7-5-2)45-84-63-58(80)57(79)60(52(44-71)86-63)87-64-59(81)62(56(78)51(43-70)85-64)89-66(65(82)83)41-49(74)54(67-46(3)72)61(88-66)55(77)50(75)42-69/h20-21,23-24,37,39,47-52,54-64,69-71,73-75,77-81H,4-19,22,25-36,38,40-45H2,1-3H3,(H,67,72)(H,68,76)(H,82,83)/b21-20-,24-23-,39-37+. The number of ether oxygens (including phenoxy) is 6. The zero-order chi connectivity index (χ0) is 65.4. The zero-order valence-electron chi connectivity index (χ0n) is 53.8. The van der Waals surface area contributed by atoms with E-state index in [1.807, 2.05) is 6.08 Å². The lowest BCUT2D eigenvalue weighted by Crippen LogP contribution is -2.70. The normalized spacial score (nSPS) is 29.0. The van der Waals surface area contributed by atoms with Crippen molar-refractivity contribution in [2.75, 3.05) is 26.4 Å². The first-order valence-electron chi connectivity index (χ1n) is 33.9. The Hall–Kier alpha value is -3.05. The first kappa shape index (κ1) is 80.2. The lowest BCUT2D eigenvalue weighted by Gasteiger charge is -2.50. The summed E-state index contributed by atoms with van der Waals surface area (Å²) in [5.41, 5.74) is 0. The smallest absolute Gasteiger partial charge is 0.364 e. The maximum absolute atomic E-state index is 13.4. The highest BCUT2D eigenvalue weighted by Gasteiger charge is 2.60. The fourth-order valence-corrected chi connectivity index (χ4v) is 11.6. The number of carbonyl (C=O) groups excluding carboxylic acids is 2. The van der Waals surface area contributed by atoms with Gasteiger partial charge in [0.25, 0.3) is 5.79 Å². The third-order valence-electron chi connectivity index (χ3n) is 17.1. The van der Waals surface area contributed by atoms with Gasteiger partial charge >= 0.3 is 5.97 Å². The second kappa shape index (κ2) is 46.9. The van der Waals surface area contributed by atoms with E-state index < -0.39 is 155 Å². The van der Waals surface area contributed by atoms with Crippen LogP contribution in [0.1, 0.15) is 226 Å². The van der Waals surface area contributed by atoms with E-state index in [1.165, 1.54) is 116 Å². The van der Waals surface area contributed by atoms with Crippen molar-refractivity contribution < 1.29 is 104 Å². The molecule has 3 saturated heterocycles. The third kappa shape index (κ3) is 29.8. The van der Waals surface area contributed by atoms with E-state index in [0.717, 1.165) is 71.1 Å². The van der Waals surface area contributed by atoms with E-state index in [1.54, 1.807) is 6.08 Å². The van der Waals surface area contributed by atoms with Gasteiger partial charge in [-0.2, -0.15) is 0 Å². The third-order valence-corrected chi connectivity index (χ3v) is 17.1. The van der Waals surface area contributed by atoms with Gasteiger partial charge in [-0.15, -0.1) is 0 Å².